The van der Waals surface area contributed by atoms with Gasteiger partial charge in [-0.2, -0.15) is 0 Å². The Morgan fingerprint density at radius 3 is 1.93 bits per heavy atom. The second-order valence-electron chi connectivity index (χ2n) is 11.1. The number of ether oxygens (including phenoxy) is 6. The molecule has 0 unspecified atom stereocenters. The van der Waals surface area contributed by atoms with Crippen molar-refractivity contribution < 1.29 is 42.8 Å². The van der Waals surface area contributed by atoms with Crippen LogP contribution in [0.1, 0.15) is 79.0 Å². The Bertz CT molecular complexity index is 1210. The van der Waals surface area contributed by atoms with Crippen LogP contribution in [0.5, 0.6) is 11.5 Å². The summed E-state index contributed by atoms with van der Waals surface area (Å²) in [4.78, 5) is 37.1. The van der Waals surface area contributed by atoms with Crippen LogP contribution in [0.15, 0.2) is 61.2 Å². The van der Waals surface area contributed by atoms with Crippen LogP contribution >= 0.6 is 0 Å². The lowest BCUT2D eigenvalue weighted by Gasteiger charge is -2.17. The quantitative estimate of drug-likeness (QED) is 0.0805. The molecule has 0 aliphatic carbocycles. The summed E-state index contributed by atoms with van der Waals surface area (Å²) in [5, 5.41) is 0. The highest BCUT2D eigenvalue weighted by Gasteiger charge is 2.51. The van der Waals surface area contributed by atoms with E-state index in [0.29, 0.717) is 36.7 Å². The second-order valence-corrected chi connectivity index (χ2v) is 11.1. The molecule has 0 spiro atoms. The summed E-state index contributed by atoms with van der Waals surface area (Å²) < 4.78 is 34.1. The van der Waals surface area contributed by atoms with E-state index >= 15 is 0 Å². The van der Waals surface area contributed by atoms with Gasteiger partial charge >= 0.3 is 11.9 Å². The highest BCUT2D eigenvalue weighted by molar-refractivity contribution is 5.98. The molecule has 0 saturated carbocycles. The molecule has 2 aliphatic heterocycles. The van der Waals surface area contributed by atoms with Gasteiger partial charge in [0, 0.05) is 11.6 Å². The Labute approximate surface area is 259 Å². The lowest BCUT2D eigenvalue weighted by molar-refractivity contribution is -0.137. The van der Waals surface area contributed by atoms with E-state index in [1.165, 1.54) is 12.8 Å². The fourth-order valence-corrected chi connectivity index (χ4v) is 5.31. The molecular weight excluding hydrogens is 564 g/mol. The van der Waals surface area contributed by atoms with Crippen molar-refractivity contribution in [2.24, 2.45) is 5.92 Å². The predicted octanol–water partition coefficient (Wildman–Crippen LogP) is 6.14. The molecule has 9 heteroatoms. The standard InChI is InChI=1S/C35H44O9/c1-3-5-6-9-20-39-27-16-12-25(13-17-27)32(37)29-23-42-34-30(24-43-33(29)34)44-35(38)26-14-18-28(19-15-26)40-21-10-7-8-11-22-41-31(36)4-2/h4,12-19,29-30,33-34H,2-3,5-11,20-24H2,1H3/t29-,30-,33-,34-/m0/s1. The van der Waals surface area contributed by atoms with Gasteiger partial charge in [0.05, 0.1) is 50.6 Å². The molecule has 0 bridgehead atoms. The molecule has 2 aliphatic rings. The first-order chi connectivity index (χ1) is 21.5. The minimum absolute atomic E-state index is 0.0522. The SMILES string of the molecule is C=CC(=O)OCCCCCCOc1ccc(C(=O)O[C@H]2CO[C@@H]3[C@H]2OC[C@H]3C(=O)c2ccc(OCCCCCC)cc2)cc1. The fraction of sp³-hybridized carbons (Fsp3) is 0.514. The maximum Gasteiger partial charge on any atom is 0.338 e. The summed E-state index contributed by atoms with van der Waals surface area (Å²) >= 11 is 0. The van der Waals surface area contributed by atoms with Crippen LogP contribution in [0.2, 0.25) is 0 Å². The van der Waals surface area contributed by atoms with E-state index < -0.39 is 36.2 Å². The lowest BCUT2D eigenvalue weighted by Crippen LogP contribution is -2.34. The summed E-state index contributed by atoms with van der Waals surface area (Å²) in [6.45, 7) is 7.54. The van der Waals surface area contributed by atoms with E-state index in [1.54, 1.807) is 36.4 Å². The van der Waals surface area contributed by atoms with Crippen LogP contribution in [-0.4, -0.2) is 69.1 Å². The van der Waals surface area contributed by atoms with Crippen LogP contribution in [-0.2, 0) is 23.7 Å². The number of carbonyl (C=O) groups is 3. The average Bonchev–Trinajstić information content (AvgIpc) is 3.65. The zero-order valence-corrected chi connectivity index (χ0v) is 25.6. The number of Topliss-reactive ketones (excluding diaryl/α,β-unsaturated/α-hetero) is 1. The molecule has 0 radical (unpaired) electrons. The molecule has 44 heavy (non-hydrogen) atoms. The summed E-state index contributed by atoms with van der Waals surface area (Å²) in [5.41, 5.74) is 0.976. The third-order valence-electron chi connectivity index (χ3n) is 7.82. The van der Waals surface area contributed by atoms with Crippen LogP contribution in [0.25, 0.3) is 0 Å². The van der Waals surface area contributed by atoms with Crippen molar-refractivity contribution in [1.82, 2.24) is 0 Å². The Morgan fingerprint density at radius 1 is 0.750 bits per heavy atom. The summed E-state index contributed by atoms with van der Waals surface area (Å²) in [6.07, 6.45) is 7.72. The van der Waals surface area contributed by atoms with Gasteiger partial charge in [0.25, 0.3) is 0 Å². The summed E-state index contributed by atoms with van der Waals surface area (Å²) in [6, 6.07) is 14.0. The van der Waals surface area contributed by atoms with E-state index in [9.17, 15) is 14.4 Å². The first-order valence-electron chi connectivity index (χ1n) is 15.7. The first kappa shape index (κ1) is 33.2. The van der Waals surface area contributed by atoms with Gasteiger partial charge in [0.2, 0.25) is 0 Å². The topological polar surface area (TPSA) is 107 Å². The van der Waals surface area contributed by atoms with Crippen LogP contribution < -0.4 is 9.47 Å². The number of hydrogen-bond acceptors (Lipinski definition) is 9. The molecule has 2 aromatic rings. The van der Waals surface area contributed by atoms with Crippen molar-refractivity contribution >= 4 is 17.7 Å². The number of rotatable bonds is 19. The zero-order chi connectivity index (χ0) is 31.1. The number of ketones is 1. The smallest absolute Gasteiger partial charge is 0.338 e. The van der Waals surface area contributed by atoms with E-state index in [2.05, 4.69) is 13.5 Å². The van der Waals surface area contributed by atoms with E-state index in [0.717, 1.165) is 50.4 Å². The molecule has 2 heterocycles. The van der Waals surface area contributed by atoms with Crippen LogP contribution in [0, 0.1) is 5.92 Å². The van der Waals surface area contributed by atoms with E-state index in [-0.39, 0.29) is 19.0 Å². The molecule has 9 nitrogen and oxygen atoms in total. The third kappa shape index (κ3) is 9.66. The van der Waals surface area contributed by atoms with Crippen molar-refractivity contribution in [2.45, 2.75) is 76.6 Å². The molecule has 2 saturated heterocycles. The molecule has 2 fully saturated rings. The molecule has 4 rings (SSSR count). The van der Waals surface area contributed by atoms with Crippen LogP contribution in [0.4, 0.5) is 0 Å². The Balaban J connectivity index is 1.16. The van der Waals surface area contributed by atoms with Gasteiger partial charge in [-0.3, -0.25) is 4.79 Å². The summed E-state index contributed by atoms with van der Waals surface area (Å²) in [5.74, 6) is 0.0222. The first-order valence-corrected chi connectivity index (χ1v) is 15.7. The molecular formula is C35H44O9. The fourth-order valence-electron chi connectivity index (χ4n) is 5.31. The molecule has 0 amide bonds. The molecule has 0 aromatic heterocycles. The number of fused-ring (bicyclic) bond motifs is 1. The minimum atomic E-state index is -0.593. The normalized spacial score (nSPS) is 20.5. The maximum atomic E-state index is 13.3. The number of carbonyl (C=O) groups excluding carboxylic acids is 3. The molecule has 4 atom stereocenters. The monoisotopic (exact) mass is 608 g/mol. The van der Waals surface area contributed by atoms with Crippen molar-refractivity contribution in [1.29, 1.82) is 0 Å². The molecule has 2 aromatic carbocycles. The molecule has 0 N–H and O–H groups in total. The van der Waals surface area contributed by atoms with E-state index in [4.69, 9.17) is 28.4 Å². The van der Waals surface area contributed by atoms with Crippen molar-refractivity contribution in [3.8, 4) is 11.5 Å². The number of hydrogen-bond donors (Lipinski definition) is 0. The van der Waals surface area contributed by atoms with Gasteiger partial charge < -0.3 is 28.4 Å². The largest absolute Gasteiger partial charge is 0.494 e. The average molecular weight is 609 g/mol. The van der Waals surface area contributed by atoms with Gasteiger partial charge in [-0.1, -0.05) is 32.8 Å². The lowest BCUT2D eigenvalue weighted by atomic mass is 9.92. The Hall–Kier alpha value is -3.69. The third-order valence-corrected chi connectivity index (χ3v) is 7.82. The van der Waals surface area contributed by atoms with Crippen molar-refractivity contribution in [3.63, 3.8) is 0 Å². The van der Waals surface area contributed by atoms with Crippen molar-refractivity contribution in [3.05, 3.63) is 72.3 Å². The van der Waals surface area contributed by atoms with Gasteiger partial charge in [0.15, 0.2) is 11.9 Å². The summed E-state index contributed by atoms with van der Waals surface area (Å²) in [7, 11) is 0. The van der Waals surface area contributed by atoms with E-state index in [1.807, 2.05) is 12.1 Å². The number of unbranched alkanes of at least 4 members (excludes halogenated alkanes) is 6. The second kappa shape index (κ2) is 17.6. The van der Waals surface area contributed by atoms with Gasteiger partial charge in [-0.25, -0.2) is 9.59 Å². The highest BCUT2D eigenvalue weighted by Crippen LogP contribution is 2.35. The predicted molar refractivity (Wildman–Crippen MR) is 164 cm³/mol. The molecule has 238 valence electrons. The maximum absolute atomic E-state index is 13.3. The highest BCUT2D eigenvalue weighted by atomic mass is 16.6. The van der Waals surface area contributed by atoms with Gasteiger partial charge in [-0.05, 0) is 80.6 Å². The minimum Gasteiger partial charge on any atom is -0.494 e. The number of esters is 2. The number of benzene rings is 2. The van der Waals surface area contributed by atoms with Crippen molar-refractivity contribution in [2.75, 3.05) is 33.0 Å². The Kier molecular flexibility index (Phi) is 13.3. The Morgan fingerprint density at radius 2 is 1.32 bits per heavy atom. The van der Waals surface area contributed by atoms with Gasteiger partial charge in [0.1, 0.15) is 17.6 Å². The van der Waals surface area contributed by atoms with Crippen LogP contribution in [0.3, 0.4) is 0 Å². The zero-order valence-electron chi connectivity index (χ0n) is 25.6. The van der Waals surface area contributed by atoms with Gasteiger partial charge in [-0.15, -0.1) is 0 Å².